The lowest BCUT2D eigenvalue weighted by molar-refractivity contribution is -0.149. The van der Waals surface area contributed by atoms with E-state index in [1.54, 1.807) is 0 Å². The number of para-hydroxylation sites is 2. The average Bonchev–Trinajstić information content (AvgIpc) is 2.85. The van der Waals surface area contributed by atoms with Gasteiger partial charge in [-0.3, -0.25) is 10.2 Å². The number of amidine groups is 1. The molecular weight excluding hydrogens is 424 g/mol. The Morgan fingerprint density at radius 3 is 2.21 bits per heavy atom. The lowest BCUT2D eigenvalue weighted by atomic mass is 9.99. The SMILES string of the molecule is CCCC(CCC)C(=O)OCCCC(=N)N(C)CCNc1c2ccccc2nc2ccccc12. The molecule has 1 heterocycles. The number of aromatic nitrogens is 1. The number of rotatable bonds is 13. The van der Waals surface area contributed by atoms with Gasteiger partial charge in [0, 0.05) is 37.3 Å². The highest BCUT2D eigenvalue weighted by molar-refractivity contribution is 6.07. The van der Waals surface area contributed by atoms with E-state index in [1.807, 2.05) is 48.3 Å². The van der Waals surface area contributed by atoms with Crippen molar-refractivity contribution in [2.45, 2.75) is 52.4 Å². The predicted molar refractivity (Wildman–Crippen MR) is 142 cm³/mol. The molecule has 0 atom stereocenters. The van der Waals surface area contributed by atoms with E-state index in [9.17, 15) is 4.79 Å². The number of carbonyl (C=O) groups is 1. The van der Waals surface area contributed by atoms with Gasteiger partial charge in [0.05, 0.1) is 35.1 Å². The fourth-order valence-corrected chi connectivity index (χ4v) is 4.31. The van der Waals surface area contributed by atoms with Crippen LogP contribution in [0.15, 0.2) is 48.5 Å². The molecule has 3 aromatic rings. The number of fused-ring (bicyclic) bond motifs is 2. The van der Waals surface area contributed by atoms with Crippen molar-refractivity contribution in [3.63, 3.8) is 0 Å². The molecule has 0 bridgehead atoms. The Morgan fingerprint density at radius 1 is 1.03 bits per heavy atom. The first-order valence-electron chi connectivity index (χ1n) is 12.5. The second kappa shape index (κ2) is 12.9. The number of pyridine rings is 1. The number of benzene rings is 2. The molecule has 6 heteroatoms. The topological polar surface area (TPSA) is 78.3 Å². The van der Waals surface area contributed by atoms with E-state index in [2.05, 4.69) is 31.3 Å². The third-order valence-electron chi connectivity index (χ3n) is 6.21. The van der Waals surface area contributed by atoms with Crippen molar-refractivity contribution in [3.05, 3.63) is 48.5 Å². The van der Waals surface area contributed by atoms with E-state index in [0.717, 1.165) is 53.2 Å². The predicted octanol–water partition coefficient (Wildman–Crippen LogP) is 6.25. The Kier molecular flexibility index (Phi) is 9.68. The third kappa shape index (κ3) is 6.69. The molecule has 1 aromatic heterocycles. The highest BCUT2D eigenvalue weighted by Crippen LogP contribution is 2.30. The molecular formula is C28H38N4O2. The van der Waals surface area contributed by atoms with Gasteiger partial charge < -0.3 is 15.0 Å². The first-order chi connectivity index (χ1) is 16.5. The van der Waals surface area contributed by atoms with Crippen LogP contribution in [0.2, 0.25) is 0 Å². The summed E-state index contributed by atoms with van der Waals surface area (Å²) in [5, 5.41) is 14.2. The van der Waals surface area contributed by atoms with Crippen LogP contribution in [0.4, 0.5) is 5.69 Å². The van der Waals surface area contributed by atoms with E-state index < -0.39 is 0 Å². The summed E-state index contributed by atoms with van der Waals surface area (Å²) in [5.41, 5.74) is 3.03. The molecule has 3 rings (SSSR count). The van der Waals surface area contributed by atoms with Gasteiger partial charge in [0.2, 0.25) is 0 Å². The Bertz CT molecular complexity index is 1040. The van der Waals surface area contributed by atoms with Gasteiger partial charge in [0.15, 0.2) is 0 Å². The molecule has 0 aliphatic carbocycles. The molecule has 0 aliphatic heterocycles. The maximum atomic E-state index is 12.3. The summed E-state index contributed by atoms with van der Waals surface area (Å²) in [6.45, 7) is 6.00. The minimum atomic E-state index is -0.0791. The van der Waals surface area contributed by atoms with Crippen molar-refractivity contribution >= 4 is 39.3 Å². The standard InChI is InChI=1S/C28H38N4O2/c1-4-11-21(12-5-2)28(33)34-20-10-17-26(29)32(3)19-18-30-27-22-13-6-8-15-24(22)31-25-16-9-7-14-23(25)27/h6-9,13-16,21,29H,4-5,10-12,17-20H2,1-3H3,(H,30,31). The monoisotopic (exact) mass is 462 g/mol. The second-order valence-electron chi connectivity index (χ2n) is 8.86. The van der Waals surface area contributed by atoms with Gasteiger partial charge in [0.25, 0.3) is 0 Å². The zero-order valence-corrected chi connectivity index (χ0v) is 20.8. The first-order valence-corrected chi connectivity index (χ1v) is 12.5. The summed E-state index contributed by atoms with van der Waals surface area (Å²) in [6.07, 6.45) is 5.03. The number of anilines is 1. The molecule has 0 radical (unpaired) electrons. The van der Waals surface area contributed by atoms with Gasteiger partial charge in [-0.25, -0.2) is 4.98 Å². The quantitative estimate of drug-likeness (QED) is 0.103. The number of likely N-dealkylation sites (N-methyl/N-ethyl adjacent to an activating group) is 1. The second-order valence-corrected chi connectivity index (χ2v) is 8.86. The zero-order chi connectivity index (χ0) is 24.3. The number of hydrogen-bond donors (Lipinski definition) is 2. The summed E-state index contributed by atoms with van der Waals surface area (Å²) in [6, 6.07) is 16.3. The number of carbonyl (C=O) groups excluding carboxylic acids is 1. The lowest BCUT2D eigenvalue weighted by Gasteiger charge is -2.21. The van der Waals surface area contributed by atoms with Gasteiger partial charge in [-0.15, -0.1) is 0 Å². The van der Waals surface area contributed by atoms with Gasteiger partial charge >= 0.3 is 5.97 Å². The summed E-state index contributed by atoms with van der Waals surface area (Å²) in [4.78, 5) is 19.0. The third-order valence-corrected chi connectivity index (χ3v) is 6.21. The molecule has 0 spiro atoms. The minimum Gasteiger partial charge on any atom is -0.465 e. The number of nitrogens with zero attached hydrogens (tertiary/aromatic N) is 2. The van der Waals surface area contributed by atoms with E-state index >= 15 is 0 Å². The fourth-order valence-electron chi connectivity index (χ4n) is 4.31. The maximum Gasteiger partial charge on any atom is 0.308 e. The molecule has 0 unspecified atom stereocenters. The molecule has 182 valence electrons. The Labute approximate surface area is 203 Å². The normalized spacial score (nSPS) is 11.2. The molecule has 0 fully saturated rings. The number of ether oxygens (including phenoxy) is 1. The molecule has 2 N–H and O–H groups in total. The molecule has 0 saturated heterocycles. The van der Waals surface area contributed by atoms with Crippen molar-refractivity contribution in [2.24, 2.45) is 5.92 Å². The summed E-state index contributed by atoms with van der Waals surface area (Å²) >= 11 is 0. The number of hydrogen-bond acceptors (Lipinski definition) is 5. The van der Waals surface area contributed by atoms with Gasteiger partial charge in [-0.1, -0.05) is 63.1 Å². The van der Waals surface area contributed by atoms with Gasteiger partial charge in [0.1, 0.15) is 0 Å². The van der Waals surface area contributed by atoms with Crippen LogP contribution >= 0.6 is 0 Å². The Balaban J connectivity index is 1.48. The number of esters is 1. The van der Waals surface area contributed by atoms with Crippen molar-refractivity contribution in [1.82, 2.24) is 9.88 Å². The molecule has 6 nitrogen and oxygen atoms in total. The maximum absolute atomic E-state index is 12.3. The van der Waals surface area contributed by atoms with E-state index in [0.29, 0.717) is 38.4 Å². The van der Waals surface area contributed by atoms with E-state index in [4.69, 9.17) is 15.1 Å². The minimum absolute atomic E-state index is 0.0172. The van der Waals surface area contributed by atoms with E-state index in [1.165, 1.54) is 0 Å². The molecule has 34 heavy (non-hydrogen) atoms. The largest absolute Gasteiger partial charge is 0.465 e. The van der Waals surface area contributed by atoms with Crippen LogP contribution < -0.4 is 5.32 Å². The van der Waals surface area contributed by atoms with Crippen LogP contribution in [0.25, 0.3) is 21.8 Å². The Morgan fingerprint density at radius 2 is 1.62 bits per heavy atom. The van der Waals surface area contributed by atoms with Gasteiger partial charge in [-0.2, -0.15) is 0 Å². The highest BCUT2D eigenvalue weighted by atomic mass is 16.5. The zero-order valence-electron chi connectivity index (χ0n) is 20.8. The van der Waals surface area contributed by atoms with Crippen LogP contribution in [0.5, 0.6) is 0 Å². The Hall–Kier alpha value is -3.15. The van der Waals surface area contributed by atoms with Crippen molar-refractivity contribution in [3.8, 4) is 0 Å². The lowest BCUT2D eigenvalue weighted by Crippen LogP contribution is -2.31. The average molecular weight is 463 g/mol. The molecule has 0 amide bonds. The molecule has 2 aromatic carbocycles. The summed E-state index contributed by atoms with van der Waals surface area (Å²) in [5.74, 6) is 0.495. The van der Waals surface area contributed by atoms with Crippen molar-refractivity contribution in [2.75, 3.05) is 32.1 Å². The van der Waals surface area contributed by atoms with Gasteiger partial charge in [-0.05, 0) is 31.4 Å². The summed E-state index contributed by atoms with van der Waals surface area (Å²) in [7, 11) is 1.94. The summed E-state index contributed by atoms with van der Waals surface area (Å²) < 4.78 is 5.49. The number of nitrogens with one attached hydrogen (secondary N) is 2. The van der Waals surface area contributed by atoms with Crippen LogP contribution in [0, 0.1) is 11.3 Å². The van der Waals surface area contributed by atoms with Crippen molar-refractivity contribution < 1.29 is 9.53 Å². The van der Waals surface area contributed by atoms with Crippen LogP contribution in [0.1, 0.15) is 52.4 Å². The fraction of sp³-hybridized carbons (Fsp3) is 0.464. The van der Waals surface area contributed by atoms with E-state index in [-0.39, 0.29) is 11.9 Å². The van der Waals surface area contributed by atoms with Crippen LogP contribution in [0.3, 0.4) is 0 Å². The molecule has 0 aliphatic rings. The smallest absolute Gasteiger partial charge is 0.308 e. The first kappa shape index (κ1) is 25.5. The molecule has 0 saturated carbocycles. The van der Waals surface area contributed by atoms with Crippen LogP contribution in [-0.2, 0) is 9.53 Å². The van der Waals surface area contributed by atoms with Crippen LogP contribution in [-0.4, -0.2) is 48.4 Å². The van der Waals surface area contributed by atoms with Crippen molar-refractivity contribution in [1.29, 1.82) is 5.41 Å². The highest BCUT2D eigenvalue weighted by Gasteiger charge is 2.18.